The predicted molar refractivity (Wildman–Crippen MR) is 239 cm³/mol. The summed E-state index contributed by atoms with van der Waals surface area (Å²) >= 11 is 0. The molecule has 0 radical (unpaired) electrons. The maximum absolute atomic E-state index is 4.57. The van der Waals surface area contributed by atoms with Gasteiger partial charge in [-0.05, 0) is 70.0 Å². The van der Waals surface area contributed by atoms with Crippen molar-refractivity contribution in [2.75, 3.05) is 0 Å². The minimum atomic E-state index is -0.0582. The van der Waals surface area contributed by atoms with E-state index in [-0.39, 0.29) is 25.5 Å². The summed E-state index contributed by atoms with van der Waals surface area (Å²) in [4.78, 5) is 0. The molecule has 3 aromatic heterocycles. The summed E-state index contributed by atoms with van der Waals surface area (Å²) in [6.45, 7) is 15.0. The van der Waals surface area contributed by atoms with Crippen LogP contribution in [0, 0.1) is 45.9 Å². The molecule has 0 unspecified atom stereocenters. The quantitative estimate of drug-likeness (QED) is 0.141. The van der Waals surface area contributed by atoms with Crippen LogP contribution >= 0.6 is 0 Å². The second-order valence-electron chi connectivity index (χ2n) is 15.3. The molecule has 9 nitrogen and oxygen atoms in total. The van der Waals surface area contributed by atoms with Gasteiger partial charge in [0, 0.05) is 22.5 Å². The number of aromatic nitrogens is 9. The van der Waals surface area contributed by atoms with Gasteiger partial charge in [-0.25, -0.2) is 0 Å². The molecule has 0 saturated heterocycles. The normalized spacial score (nSPS) is 10.8. The van der Waals surface area contributed by atoms with Gasteiger partial charge in [0.1, 0.15) is 18.5 Å². The zero-order valence-corrected chi connectivity index (χ0v) is 37.9. The van der Waals surface area contributed by atoms with Crippen molar-refractivity contribution in [2.24, 2.45) is 0 Å². The Labute approximate surface area is 372 Å². The molecule has 0 bridgehead atoms. The molecule has 0 spiro atoms. The summed E-state index contributed by atoms with van der Waals surface area (Å²) in [5.74, 6) is 3.45. The molecule has 10 heteroatoms. The molecular formula is C51H48IrN9. The molecule has 9 rings (SSSR count). The summed E-state index contributed by atoms with van der Waals surface area (Å²) < 4.78 is 6.13. The first kappa shape index (κ1) is 44.0. The second-order valence-corrected chi connectivity index (χ2v) is 15.3. The van der Waals surface area contributed by atoms with Gasteiger partial charge in [0.2, 0.25) is 0 Å². The minimum absolute atomic E-state index is 0. The van der Waals surface area contributed by atoms with Gasteiger partial charge in [-0.2, -0.15) is 15.3 Å². The maximum Gasteiger partial charge on any atom is 3.00 e. The molecule has 0 aliphatic rings. The number of rotatable bonds is 8. The van der Waals surface area contributed by atoms with Crippen molar-refractivity contribution in [3.05, 3.63) is 198 Å². The van der Waals surface area contributed by atoms with Gasteiger partial charge in [0.15, 0.2) is 0 Å². The van der Waals surface area contributed by atoms with Gasteiger partial charge in [0.25, 0.3) is 0 Å². The zero-order chi connectivity index (χ0) is 42.1. The molecule has 0 fully saturated rings. The first-order valence-corrected chi connectivity index (χ1v) is 20.0. The summed E-state index contributed by atoms with van der Waals surface area (Å²) in [6, 6.07) is 56.2. The van der Waals surface area contributed by atoms with Crippen LogP contribution in [0.4, 0.5) is 0 Å². The van der Waals surface area contributed by atoms with E-state index in [1.807, 2.05) is 81.9 Å². The largest absolute Gasteiger partial charge is 3.00 e. The molecule has 61 heavy (non-hydrogen) atoms. The van der Waals surface area contributed by atoms with E-state index in [0.717, 1.165) is 63.5 Å². The minimum Gasteiger partial charge on any atom is -0.323 e. The average Bonchev–Trinajstić information content (AvgIpc) is 4.07. The number of hydrogen-bond donors (Lipinski definition) is 0. The Bertz CT molecular complexity index is 2620. The Balaban J connectivity index is 0.000000154. The van der Waals surface area contributed by atoms with Crippen LogP contribution in [0.5, 0.6) is 0 Å². The topological polar surface area (TPSA) is 92.1 Å². The van der Waals surface area contributed by atoms with Gasteiger partial charge in [-0.3, -0.25) is 0 Å². The molecule has 0 aliphatic heterocycles. The summed E-state index contributed by atoms with van der Waals surface area (Å²) in [6.07, 6.45) is 4.44. The van der Waals surface area contributed by atoms with Gasteiger partial charge >= 0.3 is 20.1 Å². The molecule has 9 aromatic rings. The van der Waals surface area contributed by atoms with Crippen LogP contribution in [0.3, 0.4) is 0 Å². The fraction of sp³-hybridized carbons (Fsp3) is 0.176. The summed E-state index contributed by atoms with van der Waals surface area (Å²) in [5.41, 5.74) is 11.0. The number of benzene rings is 6. The molecule has 6 aromatic carbocycles. The van der Waals surface area contributed by atoms with Crippen LogP contribution in [0.25, 0.3) is 51.2 Å². The SMILES string of the molecule is CCC(C)(C)c1nnc(-c2[c-]cccc2)n1-c1ccc(C)cc1C.Cc1ccc(-n2cnnc2-c2[c-]cccc2)cc1.Cc1ccc(-n2cnnc2-c2[c-]cccc2)cc1.[Ir+3]. The number of aryl methyl sites for hydroxylation is 4. The molecule has 0 aliphatic carbocycles. The van der Waals surface area contributed by atoms with Crippen molar-refractivity contribution in [1.29, 1.82) is 0 Å². The molecule has 0 amide bonds. The first-order valence-electron chi connectivity index (χ1n) is 20.0. The Hall–Kier alpha value is -6.61. The Morgan fingerprint density at radius 2 is 0.951 bits per heavy atom. The second kappa shape index (κ2) is 20.1. The monoisotopic (exact) mass is 979 g/mol. The summed E-state index contributed by atoms with van der Waals surface area (Å²) in [5, 5.41) is 25.4. The van der Waals surface area contributed by atoms with Crippen molar-refractivity contribution < 1.29 is 20.1 Å². The zero-order valence-electron chi connectivity index (χ0n) is 35.5. The van der Waals surface area contributed by atoms with Crippen LogP contribution in [-0.2, 0) is 25.5 Å². The fourth-order valence-electron chi connectivity index (χ4n) is 6.56. The molecule has 0 N–H and O–H groups in total. The Morgan fingerprint density at radius 1 is 0.508 bits per heavy atom. The molecule has 0 atom stereocenters. The van der Waals surface area contributed by atoms with Crippen molar-refractivity contribution >= 4 is 0 Å². The van der Waals surface area contributed by atoms with E-state index in [2.05, 4.69) is 169 Å². The van der Waals surface area contributed by atoms with Gasteiger partial charge in [-0.15, -0.1) is 123 Å². The van der Waals surface area contributed by atoms with Crippen LogP contribution in [0.2, 0.25) is 0 Å². The standard InChI is InChI=1S/C21H24N3.2C15H12N3.Ir/c1-6-21(4,5)20-23-22-19(17-10-8-7-9-11-17)24(20)18-13-12-15(2)14-16(18)3;2*1-12-7-9-14(10-8-12)18-11-16-17-15(18)13-5-3-2-4-6-13;/h7-10,12-14H,6H2,1-5H3;2*2-5,7-11H,1H3;/q3*-1;+3. The van der Waals surface area contributed by atoms with Crippen molar-refractivity contribution in [1.82, 2.24) is 44.3 Å². The number of hydrogen-bond acceptors (Lipinski definition) is 6. The van der Waals surface area contributed by atoms with E-state index in [1.165, 1.54) is 22.3 Å². The van der Waals surface area contributed by atoms with Crippen LogP contribution in [0.15, 0.2) is 152 Å². The van der Waals surface area contributed by atoms with Crippen LogP contribution in [-0.4, -0.2) is 44.3 Å². The van der Waals surface area contributed by atoms with Crippen molar-refractivity contribution in [2.45, 2.75) is 60.3 Å². The maximum atomic E-state index is 4.57. The smallest absolute Gasteiger partial charge is 0.323 e. The van der Waals surface area contributed by atoms with Crippen LogP contribution < -0.4 is 0 Å². The Morgan fingerprint density at radius 3 is 1.36 bits per heavy atom. The third kappa shape index (κ3) is 10.4. The first-order chi connectivity index (χ1) is 29.1. The van der Waals surface area contributed by atoms with Gasteiger partial charge < -0.3 is 13.7 Å². The van der Waals surface area contributed by atoms with E-state index >= 15 is 0 Å². The molecule has 0 saturated carbocycles. The molecule has 3 heterocycles. The predicted octanol–water partition coefficient (Wildman–Crippen LogP) is 11.1. The fourth-order valence-corrected chi connectivity index (χ4v) is 6.56. The van der Waals surface area contributed by atoms with E-state index in [9.17, 15) is 0 Å². The number of nitrogens with zero attached hydrogens (tertiary/aromatic N) is 9. The molecule has 306 valence electrons. The van der Waals surface area contributed by atoms with E-state index in [0.29, 0.717) is 0 Å². The van der Waals surface area contributed by atoms with Gasteiger partial charge in [0.05, 0.1) is 17.5 Å². The van der Waals surface area contributed by atoms with E-state index in [1.54, 1.807) is 12.7 Å². The van der Waals surface area contributed by atoms with E-state index in [4.69, 9.17) is 0 Å². The average molecular weight is 979 g/mol. The van der Waals surface area contributed by atoms with E-state index < -0.39 is 0 Å². The van der Waals surface area contributed by atoms with Crippen molar-refractivity contribution in [3.8, 4) is 51.2 Å². The van der Waals surface area contributed by atoms with Gasteiger partial charge in [-0.1, -0.05) is 73.9 Å². The molecular weight excluding hydrogens is 931 g/mol. The summed E-state index contributed by atoms with van der Waals surface area (Å²) in [7, 11) is 0. The Kier molecular flexibility index (Phi) is 14.5. The third-order valence-corrected chi connectivity index (χ3v) is 10.3. The van der Waals surface area contributed by atoms with Crippen molar-refractivity contribution in [3.63, 3.8) is 0 Å². The van der Waals surface area contributed by atoms with Crippen LogP contribution in [0.1, 0.15) is 55.3 Å². The third-order valence-electron chi connectivity index (χ3n) is 10.3.